The number of carbonyl (C=O) groups excluding carboxylic acids is 1. The van der Waals surface area contributed by atoms with Gasteiger partial charge in [-0.3, -0.25) is 9.69 Å². The molecule has 6 aromatic carbocycles. The van der Waals surface area contributed by atoms with Gasteiger partial charge in [0.1, 0.15) is 45.9 Å². The Morgan fingerprint density at radius 1 is 0.416 bits per heavy atom. The Balaban J connectivity index is 0.000000119. The first-order valence-electron chi connectivity index (χ1n) is 50.0. The molecule has 754 valence electrons. The summed E-state index contributed by atoms with van der Waals surface area (Å²) in [4.78, 5) is 25.8. The topological polar surface area (TPSA) is 332 Å². The van der Waals surface area contributed by atoms with Gasteiger partial charge in [-0.1, -0.05) is 93.3 Å². The van der Waals surface area contributed by atoms with Crippen molar-refractivity contribution in [2.75, 3.05) is 178 Å². The minimum absolute atomic E-state index is 0.0515. The number of aromatic hydroxyl groups is 1. The number of hydrogen-bond donors (Lipinski definition) is 4. The Hall–Kier alpha value is -6.61. The van der Waals surface area contributed by atoms with Crippen molar-refractivity contribution in [3.63, 3.8) is 0 Å². The highest BCUT2D eigenvalue weighted by molar-refractivity contribution is 7.90. The molecular formula is C100H144FN13O18S5. The SMILES string of the molecule is CCCN1CCC2(CC1)OCCN2S(=O)(=O)c1ccc(F)cc1.CCc1ccc(S(=O)(=O)N2CCOC23CCN(CC2CC2)CC3)cc1.COc1ccc(S(=O)(=O)N2CCOC23CCCNC3)cc1.Cc1ccc(S(=O)(=O)N2CCOC23CCN(CC2CC2)CC3)cc1.O=C1CN(Cc2ccccc2)C2(CCN(C3CCCCC3)CC2)N1.O=S(=O)(c1ccc(O)cc1)N1CCOC12CCCNC2. The number of halogens is 1. The molecule has 1 amide bonds. The van der Waals surface area contributed by atoms with E-state index in [1.165, 1.54) is 138 Å². The summed E-state index contributed by atoms with van der Waals surface area (Å²) in [5.41, 5.74) is -0.0920. The first-order chi connectivity index (χ1) is 65.9. The molecule has 12 aliphatic heterocycles. The third-order valence-corrected chi connectivity index (χ3v) is 40.2. The van der Waals surface area contributed by atoms with Crippen LogP contribution in [0.25, 0.3) is 0 Å². The van der Waals surface area contributed by atoms with Crippen LogP contribution in [0.15, 0.2) is 176 Å². The molecule has 0 bridgehead atoms. The lowest BCUT2D eigenvalue weighted by Crippen LogP contribution is -2.59. The van der Waals surface area contributed by atoms with Gasteiger partial charge in [0.05, 0.1) is 76.8 Å². The number of carbonyl (C=O) groups is 1. The molecule has 37 heteroatoms. The first kappa shape index (κ1) is 103. The van der Waals surface area contributed by atoms with Crippen molar-refractivity contribution in [1.82, 2.24) is 62.0 Å². The number of rotatable bonds is 21. The Bertz CT molecular complexity index is 5540. The number of methoxy groups -OCH3 is 1. The molecule has 2 unspecified atom stereocenters. The maximum atomic E-state index is 13.2. The highest BCUT2D eigenvalue weighted by Crippen LogP contribution is 2.46. The summed E-state index contributed by atoms with van der Waals surface area (Å²) < 4.78 is 185. The van der Waals surface area contributed by atoms with Crippen molar-refractivity contribution < 1.29 is 84.8 Å². The minimum atomic E-state index is -3.67. The summed E-state index contributed by atoms with van der Waals surface area (Å²) in [6.45, 7) is 25.7. The molecule has 12 saturated heterocycles. The Morgan fingerprint density at radius 2 is 0.796 bits per heavy atom. The van der Waals surface area contributed by atoms with Gasteiger partial charge in [0, 0.05) is 162 Å². The number of hydrogen-bond acceptors (Lipinski definition) is 25. The fourth-order valence-electron chi connectivity index (χ4n) is 22.3. The standard InChI is InChI=1S/C20H29N3O.C19H28N2O3S.C18H26N2O3S.C16H23FN2O3S.C14H20N2O4S.C13H18N2O4S/c24-19-16-23(15-17-7-3-1-4-8-17)20(21-19)11-13-22(14-12-20)18-9-5-2-6-10-18;1-2-16-5-7-18(8-6-16)25(22,23)21-13-14-24-19(21)9-11-20(12-10-19)15-17-3-4-17;1-15-2-6-17(7-3-15)24(21,22)20-12-13-23-18(20)8-10-19(11-9-18)14-16-4-5-16;1-2-9-18-10-7-16(8-11-18)19(12-13-22-16)23(20,21)15-5-3-14(17)4-6-15;1-19-12-3-5-13(6-4-12)21(17,18)16-9-10-20-14(16)7-2-8-15-11-14;16-11-2-4-12(5-3-11)20(17,18)15-8-9-19-13(15)6-1-7-14-10-13/h1,3-4,7-8,18H,2,5-6,9-16H2,(H,21,24);5-8,17H,2-4,9-15H2,1H3;2-3,6-7,16H,4-5,8-14H2,1H3;3-6H,2,7-13H2,1H3;3-6,15H,2,7-11H2,1H3;2-5,14,16H,1,6-10H2. The van der Waals surface area contributed by atoms with Crippen molar-refractivity contribution in [2.24, 2.45) is 11.8 Å². The van der Waals surface area contributed by atoms with Crippen LogP contribution in [0, 0.1) is 24.6 Å². The number of nitrogens with zero attached hydrogens (tertiary/aromatic N) is 10. The number of phenolic OH excluding ortho intramolecular Hbond substituents is 1. The summed E-state index contributed by atoms with van der Waals surface area (Å²) in [5.74, 6) is 2.18. The van der Waals surface area contributed by atoms with Gasteiger partial charge < -0.3 is 69.1 Å². The second-order valence-electron chi connectivity index (χ2n) is 39.4. The molecule has 4 N–H and O–H groups in total. The van der Waals surface area contributed by atoms with E-state index < -0.39 is 84.6 Å². The molecule has 137 heavy (non-hydrogen) atoms. The van der Waals surface area contributed by atoms with Crippen molar-refractivity contribution in [2.45, 2.75) is 240 Å². The van der Waals surface area contributed by atoms with Gasteiger partial charge >= 0.3 is 0 Å². The van der Waals surface area contributed by atoms with E-state index in [-0.39, 0.29) is 32.0 Å². The summed E-state index contributed by atoms with van der Waals surface area (Å²) in [5, 5.41) is 19.1. The molecule has 0 aromatic heterocycles. The average molecular weight is 2000 g/mol. The van der Waals surface area contributed by atoms with Crippen LogP contribution in [0.1, 0.15) is 172 Å². The van der Waals surface area contributed by atoms with Crippen molar-refractivity contribution >= 4 is 56.0 Å². The molecule has 6 aromatic rings. The number of ether oxygens (including phenoxy) is 6. The van der Waals surface area contributed by atoms with Crippen LogP contribution in [0.5, 0.6) is 11.5 Å². The van der Waals surface area contributed by atoms with Gasteiger partial charge in [-0.25, -0.2) is 46.5 Å². The predicted molar refractivity (Wildman–Crippen MR) is 520 cm³/mol. The summed E-state index contributed by atoms with van der Waals surface area (Å²) in [7, 11) is -16.3. The van der Waals surface area contributed by atoms with Gasteiger partial charge in [0.15, 0.2) is 0 Å². The van der Waals surface area contributed by atoms with Gasteiger partial charge in [0.25, 0.3) is 0 Å². The zero-order valence-corrected chi connectivity index (χ0v) is 84.4. The summed E-state index contributed by atoms with van der Waals surface area (Å²) in [6.07, 6.45) is 24.1. The monoisotopic (exact) mass is 1990 g/mol. The maximum Gasteiger partial charge on any atom is 0.245 e. The van der Waals surface area contributed by atoms with Crippen LogP contribution in [0.4, 0.5) is 4.39 Å². The zero-order valence-electron chi connectivity index (χ0n) is 80.3. The van der Waals surface area contributed by atoms with Crippen molar-refractivity contribution in [3.05, 3.63) is 174 Å². The van der Waals surface area contributed by atoms with Gasteiger partial charge in [-0.15, -0.1) is 0 Å². The van der Waals surface area contributed by atoms with E-state index in [1.807, 2.05) is 31.2 Å². The second kappa shape index (κ2) is 44.7. The summed E-state index contributed by atoms with van der Waals surface area (Å²) in [6, 6.07) is 42.9. The van der Waals surface area contributed by atoms with E-state index in [2.05, 4.69) is 84.6 Å². The highest BCUT2D eigenvalue weighted by atomic mass is 32.2. The van der Waals surface area contributed by atoms with E-state index in [9.17, 15) is 56.4 Å². The minimum Gasteiger partial charge on any atom is -0.508 e. The molecule has 6 spiro atoms. The van der Waals surface area contributed by atoms with Crippen LogP contribution >= 0.6 is 0 Å². The lowest BCUT2D eigenvalue weighted by molar-refractivity contribution is -0.119. The first-order valence-corrected chi connectivity index (χ1v) is 57.2. The average Bonchev–Trinajstić information content (AvgIpc) is 1.65. The molecule has 3 saturated carbocycles. The lowest BCUT2D eigenvalue weighted by atomic mass is 9.89. The number of benzene rings is 6. The number of amides is 1. The molecule has 12 heterocycles. The van der Waals surface area contributed by atoms with Gasteiger partial charge in [0.2, 0.25) is 56.0 Å². The van der Waals surface area contributed by atoms with E-state index in [0.717, 1.165) is 178 Å². The van der Waals surface area contributed by atoms with Crippen LogP contribution < -0.4 is 20.7 Å². The number of aryl methyl sites for hydroxylation is 2. The molecule has 15 fully saturated rings. The highest BCUT2D eigenvalue weighted by Gasteiger charge is 2.57. The summed E-state index contributed by atoms with van der Waals surface area (Å²) >= 11 is 0. The predicted octanol–water partition coefficient (Wildman–Crippen LogP) is 10.8. The largest absolute Gasteiger partial charge is 0.508 e. The molecular weight excluding hydrogens is 1850 g/mol. The van der Waals surface area contributed by atoms with Gasteiger partial charge in [-0.2, -0.15) is 21.5 Å². The number of nitrogens with one attached hydrogen (secondary N) is 3. The molecule has 2 atom stereocenters. The zero-order chi connectivity index (χ0) is 96.3. The number of phenols is 1. The molecule has 15 aliphatic rings. The molecule has 0 radical (unpaired) electrons. The van der Waals surface area contributed by atoms with Crippen molar-refractivity contribution in [3.8, 4) is 11.5 Å². The van der Waals surface area contributed by atoms with Crippen molar-refractivity contribution in [1.29, 1.82) is 0 Å². The van der Waals surface area contributed by atoms with E-state index >= 15 is 0 Å². The second-order valence-corrected chi connectivity index (χ2v) is 48.7. The van der Waals surface area contributed by atoms with Crippen LogP contribution in [-0.2, 0) is 91.6 Å². The van der Waals surface area contributed by atoms with E-state index in [1.54, 1.807) is 64.3 Å². The number of piperidine rings is 6. The van der Waals surface area contributed by atoms with Crippen LogP contribution in [-0.4, -0.2) is 317 Å². The van der Waals surface area contributed by atoms with Gasteiger partial charge in [-0.05, 0) is 236 Å². The Kier molecular flexibility index (Phi) is 33.7. The Labute approximate surface area is 812 Å². The quantitative estimate of drug-likeness (QED) is 0.0520. The fourth-order valence-corrected chi connectivity index (χ4v) is 30.8. The Morgan fingerprint density at radius 3 is 1.18 bits per heavy atom. The van der Waals surface area contributed by atoms with Crippen LogP contribution in [0.3, 0.4) is 0 Å². The molecule has 21 rings (SSSR count). The molecule has 3 aliphatic carbocycles. The third-order valence-electron chi connectivity index (χ3n) is 30.4. The number of likely N-dealkylation sites (tertiary alicyclic amines) is 4. The maximum absolute atomic E-state index is 13.2. The third kappa shape index (κ3) is 23.9. The normalized spacial score (nSPS) is 25.6. The fraction of sp³-hybridized carbons (Fsp3) is 0.630. The molecule has 31 nitrogen and oxygen atoms in total. The number of sulfonamides is 5. The smallest absolute Gasteiger partial charge is 0.245 e. The van der Waals surface area contributed by atoms with E-state index in [0.29, 0.717) is 120 Å². The van der Waals surface area contributed by atoms with E-state index in [4.69, 9.17) is 28.4 Å². The lowest BCUT2D eigenvalue weighted by Gasteiger charge is -2.47. The van der Waals surface area contributed by atoms with Crippen LogP contribution in [0.2, 0.25) is 0 Å².